The van der Waals surface area contributed by atoms with Crippen molar-refractivity contribution in [3.8, 4) is 11.5 Å². The largest absolute Gasteiger partial charge is 0.497 e. The second-order valence-electron chi connectivity index (χ2n) is 10.9. The molecule has 1 aliphatic rings. The Bertz CT molecular complexity index is 1520. The van der Waals surface area contributed by atoms with Gasteiger partial charge in [-0.2, -0.15) is 0 Å². The molecule has 1 fully saturated rings. The Hall–Kier alpha value is -4.84. The first kappa shape index (κ1) is 29.6. The van der Waals surface area contributed by atoms with Gasteiger partial charge in [-0.15, -0.1) is 6.58 Å². The van der Waals surface area contributed by atoms with Crippen LogP contribution in [0.4, 0.5) is 0 Å². The van der Waals surface area contributed by atoms with E-state index < -0.39 is 11.6 Å². The predicted octanol–water partition coefficient (Wildman–Crippen LogP) is 6.24. The van der Waals surface area contributed by atoms with Gasteiger partial charge in [0.1, 0.15) is 23.1 Å². The Kier molecular flexibility index (Phi) is 9.26. The van der Waals surface area contributed by atoms with Crippen LogP contribution in [0.15, 0.2) is 122 Å². The number of rotatable bonds is 12. The zero-order chi connectivity index (χ0) is 30.2. The summed E-state index contributed by atoms with van der Waals surface area (Å²) in [5, 5.41) is 0. The van der Waals surface area contributed by atoms with Crippen LogP contribution in [0.2, 0.25) is 0 Å². The lowest BCUT2D eigenvalue weighted by Crippen LogP contribution is -2.72. The number of piperazine rings is 1. The molecule has 0 radical (unpaired) electrons. The molecule has 0 aliphatic carbocycles. The van der Waals surface area contributed by atoms with E-state index in [2.05, 4.69) is 6.58 Å². The number of ether oxygens (including phenoxy) is 2. The molecule has 4 aromatic carbocycles. The van der Waals surface area contributed by atoms with Crippen molar-refractivity contribution in [3.05, 3.63) is 144 Å². The molecule has 0 spiro atoms. The molecular weight excluding hydrogens is 536 g/mol. The van der Waals surface area contributed by atoms with Crippen molar-refractivity contribution in [3.63, 3.8) is 0 Å². The number of nitrogens with zero attached hydrogens (tertiary/aromatic N) is 2. The van der Waals surface area contributed by atoms with E-state index in [0.29, 0.717) is 25.8 Å². The van der Waals surface area contributed by atoms with E-state index in [9.17, 15) is 4.79 Å². The highest BCUT2D eigenvalue weighted by Crippen LogP contribution is 2.37. The number of carbonyl (C=O) groups excluding carboxylic acids is 2. The molecule has 6 heteroatoms. The van der Waals surface area contributed by atoms with E-state index >= 15 is 4.79 Å². The first-order chi connectivity index (χ1) is 21.0. The lowest BCUT2D eigenvalue weighted by atomic mass is 9.79. The molecule has 0 saturated carbocycles. The smallest absolute Gasteiger partial charge is 0.250 e. The summed E-state index contributed by atoms with van der Waals surface area (Å²) in [7, 11) is 3.25. The SMILES string of the molecule is C=CC[C@@]1(Cc2ccccc2)C(=O)N(Cc2ccc(OC)cc2)[C@H](Cc2ccccc2)C(=O)N1Cc1ccc(OC)cc1. The minimum absolute atomic E-state index is 0.0782. The van der Waals surface area contributed by atoms with Gasteiger partial charge >= 0.3 is 0 Å². The van der Waals surface area contributed by atoms with Gasteiger partial charge in [0.15, 0.2) is 0 Å². The van der Waals surface area contributed by atoms with E-state index in [-0.39, 0.29) is 18.4 Å². The molecule has 6 nitrogen and oxygen atoms in total. The second kappa shape index (κ2) is 13.4. The van der Waals surface area contributed by atoms with Gasteiger partial charge in [-0.1, -0.05) is 91.0 Å². The maximum Gasteiger partial charge on any atom is 0.250 e. The van der Waals surface area contributed by atoms with Crippen LogP contribution in [0.1, 0.15) is 28.7 Å². The Morgan fingerprint density at radius 3 is 1.72 bits per heavy atom. The van der Waals surface area contributed by atoms with Crippen molar-refractivity contribution in [2.75, 3.05) is 14.2 Å². The molecule has 220 valence electrons. The van der Waals surface area contributed by atoms with Crippen LogP contribution in [0.3, 0.4) is 0 Å². The molecule has 1 saturated heterocycles. The number of benzene rings is 4. The van der Waals surface area contributed by atoms with Crippen molar-refractivity contribution < 1.29 is 19.1 Å². The molecule has 0 N–H and O–H groups in total. The number of carbonyl (C=O) groups is 2. The van der Waals surface area contributed by atoms with Gasteiger partial charge in [-0.3, -0.25) is 9.59 Å². The molecule has 2 amide bonds. The molecule has 0 aromatic heterocycles. The molecule has 43 heavy (non-hydrogen) atoms. The zero-order valence-corrected chi connectivity index (χ0v) is 24.8. The van der Waals surface area contributed by atoms with Gasteiger partial charge in [0.25, 0.3) is 0 Å². The summed E-state index contributed by atoms with van der Waals surface area (Å²) >= 11 is 0. The van der Waals surface area contributed by atoms with E-state index in [1.54, 1.807) is 25.2 Å². The highest BCUT2D eigenvalue weighted by atomic mass is 16.5. The minimum atomic E-state index is -1.15. The van der Waals surface area contributed by atoms with Gasteiger partial charge in [-0.05, 0) is 52.9 Å². The highest BCUT2D eigenvalue weighted by Gasteiger charge is 2.55. The van der Waals surface area contributed by atoms with Gasteiger partial charge in [0.05, 0.1) is 14.2 Å². The Morgan fingerprint density at radius 2 is 1.21 bits per heavy atom. The number of methoxy groups -OCH3 is 2. The Morgan fingerprint density at radius 1 is 0.698 bits per heavy atom. The van der Waals surface area contributed by atoms with Gasteiger partial charge in [-0.25, -0.2) is 0 Å². The Labute approximate surface area is 254 Å². The summed E-state index contributed by atoms with van der Waals surface area (Å²) in [4.78, 5) is 33.5. The first-order valence-electron chi connectivity index (χ1n) is 14.5. The third-order valence-electron chi connectivity index (χ3n) is 8.21. The predicted molar refractivity (Wildman–Crippen MR) is 169 cm³/mol. The van der Waals surface area contributed by atoms with Gasteiger partial charge < -0.3 is 19.3 Å². The van der Waals surface area contributed by atoms with Crippen molar-refractivity contribution in [1.82, 2.24) is 9.80 Å². The second-order valence-corrected chi connectivity index (χ2v) is 10.9. The van der Waals surface area contributed by atoms with Crippen LogP contribution >= 0.6 is 0 Å². The van der Waals surface area contributed by atoms with E-state index in [1.807, 2.05) is 114 Å². The molecule has 4 aromatic rings. The normalized spacial score (nSPS) is 18.4. The monoisotopic (exact) mass is 574 g/mol. The van der Waals surface area contributed by atoms with E-state index in [1.165, 1.54) is 0 Å². The maximum atomic E-state index is 15.1. The summed E-state index contributed by atoms with van der Waals surface area (Å²) in [6.07, 6.45) is 2.87. The molecular formula is C37H38N2O4. The van der Waals surface area contributed by atoms with Crippen LogP contribution < -0.4 is 9.47 Å². The fourth-order valence-electron chi connectivity index (χ4n) is 5.95. The fraction of sp³-hybridized carbons (Fsp3) is 0.243. The summed E-state index contributed by atoms with van der Waals surface area (Å²) in [5.41, 5.74) is 2.68. The van der Waals surface area contributed by atoms with E-state index in [0.717, 1.165) is 33.8 Å². The summed E-state index contributed by atoms with van der Waals surface area (Å²) in [6, 6.07) is 34.5. The lowest BCUT2D eigenvalue weighted by Gasteiger charge is -2.52. The van der Waals surface area contributed by atoms with Crippen molar-refractivity contribution in [2.45, 2.75) is 43.9 Å². The summed E-state index contributed by atoms with van der Waals surface area (Å²) in [6.45, 7) is 4.63. The standard InChI is InChI=1S/C37H38N2O4/c1-4-23-37(25-29-13-9-6-10-14-29)36(41)38(26-30-15-19-32(42-2)20-16-30)34(24-28-11-7-5-8-12-28)35(40)39(37)27-31-17-21-33(43-3)22-18-31/h4-22,34H,1,23-27H2,2-3H3/t34-,37-/m1/s1. The fourth-order valence-corrected chi connectivity index (χ4v) is 5.95. The van der Waals surface area contributed by atoms with Crippen LogP contribution in [0.25, 0.3) is 0 Å². The van der Waals surface area contributed by atoms with E-state index in [4.69, 9.17) is 9.47 Å². The van der Waals surface area contributed by atoms with Crippen LogP contribution in [0, 0.1) is 0 Å². The summed E-state index contributed by atoms with van der Waals surface area (Å²) in [5.74, 6) is 1.31. The third kappa shape index (κ3) is 6.49. The molecule has 0 unspecified atom stereocenters. The van der Waals surface area contributed by atoms with Crippen molar-refractivity contribution in [2.24, 2.45) is 0 Å². The van der Waals surface area contributed by atoms with Crippen LogP contribution in [-0.2, 0) is 35.5 Å². The number of hydrogen-bond donors (Lipinski definition) is 0. The average molecular weight is 575 g/mol. The van der Waals surface area contributed by atoms with Crippen LogP contribution in [0.5, 0.6) is 11.5 Å². The quantitative estimate of drug-likeness (QED) is 0.188. The first-order valence-corrected chi connectivity index (χ1v) is 14.5. The Balaban J connectivity index is 1.62. The van der Waals surface area contributed by atoms with Crippen molar-refractivity contribution in [1.29, 1.82) is 0 Å². The van der Waals surface area contributed by atoms with Gasteiger partial charge in [0.2, 0.25) is 11.8 Å². The molecule has 1 aliphatic heterocycles. The minimum Gasteiger partial charge on any atom is -0.497 e. The van der Waals surface area contributed by atoms with Crippen LogP contribution in [-0.4, -0.2) is 47.4 Å². The number of hydrogen-bond acceptors (Lipinski definition) is 4. The topological polar surface area (TPSA) is 59.1 Å². The molecule has 5 rings (SSSR count). The van der Waals surface area contributed by atoms with Crippen molar-refractivity contribution >= 4 is 11.8 Å². The zero-order valence-electron chi connectivity index (χ0n) is 24.8. The lowest BCUT2D eigenvalue weighted by molar-refractivity contribution is -0.173. The molecule has 0 bridgehead atoms. The summed E-state index contributed by atoms with van der Waals surface area (Å²) < 4.78 is 10.7. The molecule has 2 atom stereocenters. The molecule has 1 heterocycles. The third-order valence-corrected chi connectivity index (χ3v) is 8.21. The van der Waals surface area contributed by atoms with Gasteiger partial charge in [0, 0.05) is 25.9 Å². The highest BCUT2D eigenvalue weighted by molar-refractivity contribution is 6.00. The number of amides is 2. The average Bonchev–Trinajstić information content (AvgIpc) is 3.05. The maximum absolute atomic E-state index is 15.1.